The van der Waals surface area contributed by atoms with Crippen LogP contribution in [0.15, 0.2) is 30.3 Å². The predicted octanol–water partition coefficient (Wildman–Crippen LogP) is 2.90. The Morgan fingerprint density at radius 1 is 1.26 bits per heavy atom. The number of benzene rings is 1. The summed E-state index contributed by atoms with van der Waals surface area (Å²) >= 11 is 0. The number of nitrogens with one attached hydrogen (secondary N) is 1. The van der Waals surface area contributed by atoms with Gasteiger partial charge in [0.05, 0.1) is 11.4 Å². The Hall–Kier alpha value is -2.07. The maximum atomic E-state index is 5.86. The quantitative estimate of drug-likeness (QED) is 0.738. The zero-order valence-corrected chi connectivity index (χ0v) is 11.4. The van der Waals surface area contributed by atoms with Crippen LogP contribution >= 0.6 is 0 Å². The first kappa shape index (κ1) is 12.0. The standard InChI is InChI=1S/C15H18N4/c1-9-4-5-14-11(6-9)7-15(19(14)3)13-8-12(10(2)16)17-18-13/h4-8,10H,16H2,1-3H3,(H,17,18). The molecule has 1 unspecified atom stereocenters. The molecule has 3 aromatic rings. The fourth-order valence-corrected chi connectivity index (χ4v) is 2.42. The van der Waals surface area contributed by atoms with Crippen molar-refractivity contribution >= 4 is 10.9 Å². The molecule has 0 aliphatic rings. The van der Waals surface area contributed by atoms with Gasteiger partial charge in [0.2, 0.25) is 0 Å². The summed E-state index contributed by atoms with van der Waals surface area (Å²) in [4.78, 5) is 0. The Balaban J connectivity index is 2.16. The van der Waals surface area contributed by atoms with E-state index in [0.717, 1.165) is 17.1 Å². The molecule has 3 rings (SSSR count). The molecular weight excluding hydrogens is 236 g/mol. The van der Waals surface area contributed by atoms with E-state index < -0.39 is 0 Å². The second kappa shape index (κ2) is 4.24. The van der Waals surface area contributed by atoms with Crippen LogP contribution in [0.1, 0.15) is 24.2 Å². The van der Waals surface area contributed by atoms with E-state index in [1.165, 1.54) is 16.5 Å². The summed E-state index contributed by atoms with van der Waals surface area (Å²) < 4.78 is 2.16. The Labute approximate surface area is 112 Å². The van der Waals surface area contributed by atoms with Crippen LogP contribution in [-0.2, 0) is 7.05 Å². The number of hydrogen-bond acceptors (Lipinski definition) is 2. The van der Waals surface area contributed by atoms with Crippen LogP contribution in [0.4, 0.5) is 0 Å². The zero-order chi connectivity index (χ0) is 13.6. The van der Waals surface area contributed by atoms with Crippen molar-refractivity contribution in [2.24, 2.45) is 12.8 Å². The van der Waals surface area contributed by atoms with Gasteiger partial charge >= 0.3 is 0 Å². The van der Waals surface area contributed by atoms with Crippen LogP contribution in [0.5, 0.6) is 0 Å². The van der Waals surface area contributed by atoms with Gasteiger partial charge < -0.3 is 10.3 Å². The van der Waals surface area contributed by atoms with Gasteiger partial charge in [-0.15, -0.1) is 0 Å². The largest absolute Gasteiger partial charge is 0.342 e. The van der Waals surface area contributed by atoms with Gasteiger partial charge in [-0.2, -0.15) is 5.10 Å². The van der Waals surface area contributed by atoms with Crippen molar-refractivity contribution < 1.29 is 0 Å². The molecule has 0 aliphatic carbocycles. The maximum Gasteiger partial charge on any atom is 0.109 e. The lowest BCUT2D eigenvalue weighted by Gasteiger charge is -2.01. The van der Waals surface area contributed by atoms with Gasteiger partial charge in [0.15, 0.2) is 0 Å². The number of aryl methyl sites for hydroxylation is 2. The van der Waals surface area contributed by atoms with Crippen LogP contribution in [0.25, 0.3) is 22.3 Å². The molecule has 0 radical (unpaired) electrons. The molecule has 1 atom stereocenters. The molecule has 0 bridgehead atoms. The molecule has 1 aromatic carbocycles. The first-order chi connectivity index (χ1) is 9.06. The summed E-state index contributed by atoms with van der Waals surface area (Å²) in [5.74, 6) is 0. The number of hydrogen-bond donors (Lipinski definition) is 2. The number of H-pyrrole nitrogens is 1. The van der Waals surface area contributed by atoms with Gasteiger partial charge in [0.25, 0.3) is 0 Å². The van der Waals surface area contributed by atoms with Gasteiger partial charge in [0.1, 0.15) is 5.69 Å². The molecule has 19 heavy (non-hydrogen) atoms. The fraction of sp³-hybridized carbons (Fsp3) is 0.267. The van der Waals surface area contributed by atoms with Gasteiger partial charge in [-0.25, -0.2) is 0 Å². The van der Waals surface area contributed by atoms with E-state index in [4.69, 9.17) is 5.73 Å². The first-order valence-corrected chi connectivity index (χ1v) is 6.43. The number of aromatic nitrogens is 3. The summed E-state index contributed by atoms with van der Waals surface area (Å²) in [6.07, 6.45) is 0. The van der Waals surface area contributed by atoms with E-state index >= 15 is 0 Å². The SMILES string of the molecule is Cc1ccc2c(c1)cc(-c1cc(C(C)N)[nH]n1)n2C. The Morgan fingerprint density at radius 2 is 2.05 bits per heavy atom. The summed E-state index contributed by atoms with van der Waals surface area (Å²) in [5, 5.41) is 8.60. The third-order valence-electron chi connectivity index (χ3n) is 3.55. The van der Waals surface area contributed by atoms with Crippen molar-refractivity contribution in [1.29, 1.82) is 0 Å². The minimum atomic E-state index is -0.0295. The molecule has 98 valence electrons. The summed E-state index contributed by atoms with van der Waals surface area (Å²) in [7, 11) is 2.06. The highest BCUT2D eigenvalue weighted by molar-refractivity contribution is 5.86. The third kappa shape index (κ3) is 1.94. The molecule has 0 spiro atoms. The highest BCUT2D eigenvalue weighted by atomic mass is 15.1. The molecule has 0 saturated carbocycles. The van der Waals surface area contributed by atoms with Crippen molar-refractivity contribution in [2.45, 2.75) is 19.9 Å². The van der Waals surface area contributed by atoms with Crippen LogP contribution in [-0.4, -0.2) is 14.8 Å². The lowest BCUT2D eigenvalue weighted by Crippen LogP contribution is -2.04. The smallest absolute Gasteiger partial charge is 0.109 e. The molecule has 2 heterocycles. The molecule has 3 N–H and O–H groups in total. The highest BCUT2D eigenvalue weighted by Gasteiger charge is 2.12. The van der Waals surface area contributed by atoms with Crippen LogP contribution in [0.2, 0.25) is 0 Å². The highest BCUT2D eigenvalue weighted by Crippen LogP contribution is 2.27. The van der Waals surface area contributed by atoms with Gasteiger partial charge in [-0.05, 0) is 38.1 Å². The number of rotatable bonds is 2. The molecule has 0 fully saturated rings. The van der Waals surface area contributed by atoms with E-state index in [1.807, 2.05) is 13.0 Å². The van der Waals surface area contributed by atoms with E-state index in [9.17, 15) is 0 Å². The molecule has 2 aromatic heterocycles. The van der Waals surface area contributed by atoms with E-state index in [1.54, 1.807) is 0 Å². The number of nitrogens with zero attached hydrogens (tertiary/aromatic N) is 2. The topological polar surface area (TPSA) is 59.6 Å². The molecule has 0 aliphatic heterocycles. The molecule has 0 amide bonds. The number of fused-ring (bicyclic) bond motifs is 1. The average molecular weight is 254 g/mol. The molecule has 4 nitrogen and oxygen atoms in total. The maximum absolute atomic E-state index is 5.86. The van der Waals surface area contributed by atoms with Crippen LogP contribution in [0.3, 0.4) is 0 Å². The number of nitrogens with two attached hydrogens (primary N) is 1. The van der Waals surface area contributed by atoms with Gasteiger partial charge in [0, 0.05) is 24.0 Å². The Bertz CT molecular complexity index is 734. The van der Waals surface area contributed by atoms with Crippen molar-refractivity contribution in [2.75, 3.05) is 0 Å². The minimum absolute atomic E-state index is 0.0295. The van der Waals surface area contributed by atoms with Crippen LogP contribution < -0.4 is 5.73 Å². The normalized spacial score (nSPS) is 13.1. The van der Waals surface area contributed by atoms with Crippen molar-refractivity contribution in [3.63, 3.8) is 0 Å². The first-order valence-electron chi connectivity index (χ1n) is 6.43. The number of aromatic amines is 1. The lowest BCUT2D eigenvalue weighted by atomic mass is 10.2. The predicted molar refractivity (Wildman–Crippen MR) is 77.8 cm³/mol. The Morgan fingerprint density at radius 3 is 2.74 bits per heavy atom. The molecular formula is C15H18N4. The van der Waals surface area contributed by atoms with E-state index in [2.05, 4.69) is 53.0 Å². The molecule has 0 saturated heterocycles. The second-order valence-electron chi connectivity index (χ2n) is 5.15. The summed E-state index contributed by atoms with van der Waals surface area (Å²) in [6.45, 7) is 4.05. The molecule has 4 heteroatoms. The minimum Gasteiger partial charge on any atom is -0.342 e. The van der Waals surface area contributed by atoms with E-state index in [0.29, 0.717) is 0 Å². The van der Waals surface area contributed by atoms with Gasteiger partial charge in [-0.1, -0.05) is 11.6 Å². The second-order valence-corrected chi connectivity index (χ2v) is 5.15. The monoisotopic (exact) mass is 254 g/mol. The van der Waals surface area contributed by atoms with Crippen molar-refractivity contribution in [1.82, 2.24) is 14.8 Å². The van der Waals surface area contributed by atoms with Crippen molar-refractivity contribution in [3.05, 3.63) is 41.6 Å². The average Bonchev–Trinajstić information content (AvgIpc) is 2.94. The van der Waals surface area contributed by atoms with E-state index in [-0.39, 0.29) is 6.04 Å². The Kier molecular flexibility index (Phi) is 2.68. The summed E-state index contributed by atoms with van der Waals surface area (Å²) in [5.41, 5.74) is 11.3. The fourth-order valence-electron chi connectivity index (χ4n) is 2.42. The zero-order valence-electron chi connectivity index (χ0n) is 11.4. The van der Waals surface area contributed by atoms with Crippen molar-refractivity contribution in [3.8, 4) is 11.4 Å². The lowest BCUT2D eigenvalue weighted by molar-refractivity contribution is 0.772. The van der Waals surface area contributed by atoms with Gasteiger partial charge in [-0.3, -0.25) is 5.10 Å². The summed E-state index contributed by atoms with van der Waals surface area (Å²) in [6, 6.07) is 10.6. The van der Waals surface area contributed by atoms with Crippen LogP contribution in [0, 0.1) is 6.92 Å². The third-order valence-corrected chi connectivity index (χ3v) is 3.55.